The van der Waals surface area contributed by atoms with Crippen LogP contribution in [0.1, 0.15) is 23.2 Å². The van der Waals surface area contributed by atoms with Crippen LogP contribution in [0.2, 0.25) is 5.02 Å². The van der Waals surface area contributed by atoms with Gasteiger partial charge in [-0.1, -0.05) is 11.6 Å². The molecule has 0 spiro atoms. The van der Waals surface area contributed by atoms with E-state index in [-0.39, 0.29) is 18.5 Å². The Balaban J connectivity index is 1.90. The van der Waals surface area contributed by atoms with Crippen LogP contribution in [0.25, 0.3) is 0 Å². The number of carbonyl (C=O) groups is 2. The fourth-order valence-electron chi connectivity index (χ4n) is 2.80. The molecular weight excluding hydrogens is 340 g/mol. The molecule has 5 nitrogen and oxygen atoms in total. The molecule has 0 aliphatic carbocycles. The van der Waals surface area contributed by atoms with Gasteiger partial charge in [0.05, 0.1) is 7.11 Å². The molecule has 25 heavy (non-hydrogen) atoms. The number of benzene rings is 2. The van der Waals surface area contributed by atoms with Crippen molar-refractivity contribution in [1.82, 2.24) is 4.90 Å². The van der Waals surface area contributed by atoms with Crippen molar-refractivity contribution in [3.8, 4) is 5.75 Å². The third-order valence-electron chi connectivity index (χ3n) is 4.20. The minimum absolute atomic E-state index is 0.0717. The molecule has 1 heterocycles. The first kappa shape index (κ1) is 17.3. The topological polar surface area (TPSA) is 49.9 Å². The van der Waals surface area contributed by atoms with E-state index in [1.807, 2.05) is 12.1 Å². The molecule has 0 bridgehead atoms. The Morgan fingerprint density at radius 2 is 1.84 bits per heavy atom. The van der Waals surface area contributed by atoms with Gasteiger partial charge in [-0.15, -0.1) is 0 Å². The van der Waals surface area contributed by atoms with Crippen molar-refractivity contribution in [3.05, 3.63) is 59.1 Å². The van der Waals surface area contributed by atoms with Gasteiger partial charge in [-0.2, -0.15) is 0 Å². The van der Waals surface area contributed by atoms with E-state index in [0.29, 0.717) is 35.0 Å². The van der Waals surface area contributed by atoms with Crippen LogP contribution in [0.4, 0.5) is 5.69 Å². The van der Waals surface area contributed by atoms with Crippen LogP contribution in [0.5, 0.6) is 5.75 Å². The van der Waals surface area contributed by atoms with Gasteiger partial charge in [0, 0.05) is 29.2 Å². The zero-order chi connectivity index (χ0) is 17.8. The lowest BCUT2D eigenvalue weighted by Crippen LogP contribution is -2.42. The number of carbonyl (C=O) groups excluding carboxylic acids is 2. The molecular formula is C19H19ClN2O3. The number of amides is 2. The average molecular weight is 359 g/mol. The summed E-state index contributed by atoms with van der Waals surface area (Å²) in [4.78, 5) is 28.3. The molecule has 1 aliphatic rings. The highest BCUT2D eigenvalue weighted by Crippen LogP contribution is 2.23. The predicted octanol–water partition coefficient (Wildman–Crippen LogP) is 3.58. The van der Waals surface area contributed by atoms with Crippen molar-refractivity contribution in [1.29, 1.82) is 0 Å². The highest BCUT2D eigenvalue weighted by atomic mass is 35.5. The second kappa shape index (κ2) is 7.57. The molecule has 0 radical (unpaired) electrons. The van der Waals surface area contributed by atoms with E-state index in [4.69, 9.17) is 16.3 Å². The number of nitrogens with zero attached hydrogens (tertiary/aromatic N) is 2. The Morgan fingerprint density at radius 1 is 1.16 bits per heavy atom. The molecule has 0 saturated carbocycles. The number of methoxy groups -OCH3 is 1. The minimum Gasteiger partial charge on any atom is -0.497 e. The summed E-state index contributed by atoms with van der Waals surface area (Å²) in [5.41, 5.74) is 1.23. The lowest BCUT2D eigenvalue weighted by Gasteiger charge is -2.28. The van der Waals surface area contributed by atoms with Crippen LogP contribution in [-0.4, -0.2) is 37.0 Å². The van der Waals surface area contributed by atoms with Crippen LogP contribution in [-0.2, 0) is 4.79 Å². The Labute approximate surface area is 151 Å². The van der Waals surface area contributed by atoms with E-state index >= 15 is 0 Å². The SMILES string of the molecule is COc1ccc(N(CN2CCCC2=O)C(=O)c2ccc(Cl)cc2)cc1. The summed E-state index contributed by atoms with van der Waals surface area (Å²) in [5, 5.41) is 0.572. The van der Waals surface area contributed by atoms with Crippen LogP contribution in [0.15, 0.2) is 48.5 Å². The number of anilines is 1. The molecule has 3 rings (SSSR count). The van der Waals surface area contributed by atoms with Crippen LogP contribution >= 0.6 is 11.6 Å². The summed E-state index contributed by atoms with van der Waals surface area (Å²) in [6, 6.07) is 14.0. The van der Waals surface area contributed by atoms with Gasteiger partial charge in [0.1, 0.15) is 12.4 Å². The van der Waals surface area contributed by atoms with Crippen LogP contribution in [0.3, 0.4) is 0 Å². The summed E-state index contributed by atoms with van der Waals surface area (Å²) < 4.78 is 5.18. The lowest BCUT2D eigenvalue weighted by molar-refractivity contribution is -0.127. The quantitative estimate of drug-likeness (QED) is 0.821. The summed E-state index contributed by atoms with van der Waals surface area (Å²) >= 11 is 5.91. The highest BCUT2D eigenvalue weighted by molar-refractivity contribution is 6.30. The normalized spacial score (nSPS) is 13.8. The zero-order valence-corrected chi connectivity index (χ0v) is 14.7. The molecule has 2 amide bonds. The largest absolute Gasteiger partial charge is 0.497 e. The number of hydrogen-bond acceptors (Lipinski definition) is 3. The molecule has 1 fully saturated rings. The summed E-state index contributed by atoms with van der Waals surface area (Å²) in [6.45, 7) is 0.895. The number of halogens is 1. The van der Waals surface area contributed by atoms with Gasteiger partial charge in [0.25, 0.3) is 5.91 Å². The first-order valence-electron chi connectivity index (χ1n) is 8.08. The van der Waals surface area contributed by atoms with Crippen molar-refractivity contribution in [2.45, 2.75) is 12.8 Å². The first-order valence-corrected chi connectivity index (χ1v) is 8.45. The predicted molar refractivity (Wildman–Crippen MR) is 97.1 cm³/mol. The Morgan fingerprint density at radius 3 is 2.40 bits per heavy atom. The van der Waals surface area contributed by atoms with Gasteiger partial charge in [-0.3, -0.25) is 14.5 Å². The minimum atomic E-state index is -0.179. The van der Waals surface area contributed by atoms with Gasteiger partial charge in [-0.25, -0.2) is 0 Å². The van der Waals surface area contributed by atoms with Crippen LogP contribution in [0, 0.1) is 0 Å². The van der Waals surface area contributed by atoms with Gasteiger partial charge < -0.3 is 9.64 Å². The van der Waals surface area contributed by atoms with Gasteiger partial charge >= 0.3 is 0 Å². The first-order chi connectivity index (χ1) is 12.1. The maximum atomic E-state index is 13.0. The van der Waals surface area contributed by atoms with E-state index in [1.165, 1.54) is 0 Å². The summed E-state index contributed by atoms with van der Waals surface area (Å²) in [5.74, 6) is 0.601. The fourth-order valence-corrected chi connectivity index (χ4v) is 2.92. The molecule has 6 heteroatoms. The van der Waals surface area contributed by atoms with E-state index in [1.54, 1.807) is 53.3 Å². The van der Waals surface area contributed by atoms with Crippen LogP contribution < -0.4 is 9.64 Å². The van der Waals surface area contributed by atoms with E-state index in [0.717, 1.165) is 6.42 Å². The smallest absolute Gasteiger partial charge is 0.259 e. The maximum Gasteiger partial charge on any atom is 0.259 e. The molecule has 0 atom stereocenters. The third kappa shape index (κ3) is 3.94. The molecule has 0 N–H and O–H groups in total. The van der Waals surface area contributed by atoms with Gasteiger partial charge in [0.2, 0.25) is 5.91 Å². The number of rotatable bonds is 5. The summed E-state index contributed by atoms with van der Waals surface area (Å²) in [7, 11) is 1.59. The summed E-state index contributed by atoms with van der Waals surface area (Å²) in [6.07, 6.45) is 1.36. The lowest BCUT2D eigenvalue weighted by atomic mass is 10.2. The molecule has 2 aromatic carbocycles. The zero-order valence-electron chi connectivity index (χ0n) is 13.9. The molecule has 130 valence electrons. The van der Waals surface area contributed by atoms with Crippen molar-refractivity contribution < 1.29 is 14.3 Å². The van der Waals surface area contributed by atoms with Crippen molar-refractivity contribution in [2.75, 3.05) is 25.2 Å². The highest BCUT2D eigenvalue weighted by Gasteiger charge is 2.26. The monoisotopic (exact) mass is 358 g/mol. The van der Waals surface area contributed by atoms with Gasteiger partial charge in [-0.05, 0) is 55.0 Å². The van der Waals surface area contributed by atoms with Crippen molar-refractivity contribution >= 4 is 29.1 Å². The molecule has 0 aromatic heterocycles. The van der Waals surface area contributed by atoms with Crippen molar-refractivity contribution in [2.24, 2.45) is 0 Å². The molecule has 0 unspecified atom stereocenters. The number of hydrogen-bond donors (Lipinski definition) is 0. The standard InChI is InChI=1S/C19H19ClN2O3/c1-25-17-10-8-16(9-11-17)22(13-21-12-2-3-18(21)23)19(24)14-4-6-15(20)7-5-14/h4-11H,2-3,12-13H2,1H3. The second-order valence-electron chi connectivity index (χ2n) is 5.84. The number of likely N-dealkylation sites (tertiary alicyclic amines) is 1. The van der Waals surface area contributed by atoms with E-state index in [2.05, 4.69) is 0 Å². The maximum absolute atomic E-state index is 13.0. The van der Waals surface area contributed by atoms with E-state index < -0.39 is 0 Å². The molecule has 1 saturated heterocycles. The van der Waals surface area contributed by atoms with Gasteiger partial charge in [0.15, 0.2) is 0 Å². The molecule has 2 aromatic rings. The Bertz CT molecular complexity index is 759. The Kier molecular flexibility index (Phi) is 5.24. The van der Waals surface area contributed by atoms with Crippen molar-refractivity contribution in [3.63, 3.8) is 0 Å². The third-order valence-corrected chi connectivity index (χ3v) is 4.46. The average Bonchev–Trinajstić information content (AvgIpc) is 3.04. The Hall–Kier alpha value is -2.53. The second-order valence-corrected chi connectivity index (χ2v) is 6.28. The number of ether oxygens (including phenoxy) is 1. The fraction of sp³-hybridized carbons (Fsp3) is 0.263. The van der Waals surface area contributed by atoms with E-state index in [9.17, 15) is 9.59 Å². The molecule has 1 aliphatic heterocycles.